The standard InChI is InChI=1S/C35H43N3O5S/c1-7-16-36(25-12-14-26(15-13-25)43-9-3)32(40)29-28-21-24(6)35(44-28)30(29)33(41)38(18-19-39)31(35)34(42)37(17-8-2)27-20-22(4)10-11-23(27)5/h7-8,10-15,20,24,28-31,39H,1-2,9,16-19,21H2,3-6H3/t24?,28-,29+,30-,31?,35?/m0/s1. The molecule has 3 aliphatic heterocycles. The van der Waals surface area contributed by atoms with Gasteiger partial charge >= 0.3 is 0 Å². The fraction of sp³-hybridized carbons (Fsp3) is 0.457. The lowest BCUT2D eigenvalue weighted by atomic mass is 9.65. The van der Waals surface area contributed by atoms with Gasteiger partial charge in [0, 0.05) is 36.3 Å². The Bertz CT molecular complexity index is 1440. The Morgan fingerprint density at radius 3 is 2.41 bits per heavy atom. The Hall–Kier alpha value is -3.56. The van der Waals surface area contributed by atoms with Gasteiger partial charge in [0.25, 0.3) is 5.91 Å². The van der Waals surface area contributed by atoms with E-state index in [0.29, 0.717) is 18.0 Å². The zero-order valence-corrected chi connectivity index (χ0v) is 26.9. The molecule has 1 spiro atoms. The quantitative estimate of drug-likeness (QED) is 0.345. The normalized spacial score (nSPS) is 26.8. The first-order valence-electron chi connectivity index (χ1n) is 15.4. The summed E-state index contributed by atoms with van der Waals surface area (Å²) < 4.78 is 4.79. The van der Waals surface area contributed by atoms with E-state index in [1.54, 1.807) is 38.6 Å². The van der Waals surface area contributed by atoms with Gasteiger partial charge in [-0.1, -0.05) is 31.2 Å². The average Bonchev–Trinajstić information content (AvgIpc) is 3.60. The number of rotatable bonds is 12. The molecule has 3 saturated heterocycles. The molecule has 0 aromatic heterocycles. The molecule has 3 unspecified atom stereocenters. The molecule has 6 atom stereocenters. The van der Waals surface area contributed by atoms with Crippen molar-refractivity contribution in [3.8, 4) is 5.75 Å². The zero-order chi connectivity index (χ0) is 31.8. The molecule has 3 heterocycles. The molecule has 3 fully saturated rings. The van der Waals surface area contributed by atoms with Crippen molar-refractivity contribution < 1.29 is 24.2 Å². The number of β-amino-alcohol motifs (C(OH)–C–C–N with tert-alkyl or cyclic N) is 1. The minimum atomic E-state index is -0.826. The van der Waals surface area contributed by atoms with E-state index in [9.17, 15) is 19.5 Å². The number of aliphatic hydroxyl groups excluding tert-OH is 1. The van der Waals surface area contributed by atoms with Gasteiger partial charge in [0.15, 0.2) is 0 Å². The SMILES string of the molecule is C=CCN(C(=O)[C@@H]1[C@@H]2CC(C)C3(S2)C(C(=O)N(CC=C)c2cc(C)ccc2C)N(CCO)C(=O)[C@H]13)c1ccc(OCC)cc1. The summed E-state index contributed by atoms with van der Waals surface area (Å²) in [4.78, 5) is 48.7. The maximum atomic E-state index is 14.8. The van der Waals surface area contributed by atoms with Gasteiger partial charge in [-0.05, 0) is 74.6 Å². The van der Waals surface area contributed by atoms with Crippen LogP contribution in [0.5, 0.6) is 5.75 Å². The van der Waals surface area contributed by atoms with Crippen molar-refractivity contribution in [2.24, 2.45) is 17.8 Å². The van der Waals surface area contributed by atoms with Crippen molar-refractivity contribution in [1.29, 1.82) is 0 Å². The molecule has 2 aromatic carbocycles. The molecule has 5 rings (SSSR count). The fourth-order valence-electron chi connectivity index (χ4n) is 7.54. The van der Waals surface area contributed by atoms with E-state index in [-0.39, 0.29) is 55.1 Å². The van der Waals surface area contributed by atoms with Crippen molar-refractivity contribution in [2.75, 3.05) is 42.6 Å². The van der Waals surface area contributed by atoms with Crippen LogP contribution in [0, 0.1) is 31.6 Å². The smallest absolute Gasteiger partial charge is 0.251 e. The fourth-order valence-corrected chi connectivity index (χ4v) is 9.95. The lowest BCUT2D eigenvalue weighted by Crippen LogP contribution is -2.58. The van der Waals surface area contributed by atoms with Crippen LogP contribution in [0.3, 0.4) is 0 Å². The summed E-state index contributed by atoms with van der Waals surface area (Å²) in [5.74, 6) is -1.15. The summed E-state index contributed by atoms with van der Waals surface area (Å²) >= 11 is 1.63. The predicted molar refractivity (Wildman–Crippen MR) is 176 cm³/mol. The van der Waals surface area contributed by atoms with E-state index in [2.05, 4.69) is 20.1 Å². The van der Waals surface area contributed by atoms with Gasteiger partial charge in [-0.3, -0.25) is 14.4 Å². The van der Waals surface area contributed by atoms with Gasteiger partial charge in [-0.25, -0.2) is 0 Å². The number of nitrogens with zero attached hydrogens (tertiary/aromatic N) is 3. The highest BCUT2D eigenvalue weighted by Gasteiger charge is 2.76. The van der Waals surface area contributed by atoms with E-state index < -0.39 is 22.6 Å². The first kappa shape index (κ1) is 31.9. The number of aryl methyl sites for hydroxylation is 2. The number of thioether (sulfide) groups is 1. The van der Waals surface area contributed by atoms with Gasteiger partial charge in [0.2, 0.25) is 11.8 Å². The molecule has 0 aliphatic carbocycles. The number of benzene rings is 2. The molecular weight excluding hydrogens is 574 g/mol. The second-order valence-corrected chi connectivity index (χ2v) is 13.5. The summed E-state index contributed by atoms with van der Waals surface area (Å²) in [6.07, 6.45) is 4.10. The topological polar surface area (TPSA) is 90.4 Å². The highest BCUT2D eigenvalue weighted by Crippen LogP contribution is 2.69. The van der Waals surface area contributed by atoms with Crippen molar-refractivity contribution in [3.05, 3.63) is 78.9 Å². The van der Waals surface area contributed by atoms with Crippen LogP contribution in [-0.4, -0.2) is 76.6 Å². The van der Waals surface area contributed by atoms with E-state index in [4.69, 9.17) is 4.74 Å². The van der Waals surface area contributed by atoms with E-state index in [1.165, 1.54) is 0 Å². The Morgan fingerprint density at radius 2 is 1.77 bits per heavy atom. The molecule has 2 aromatic rings. The predicted octanol–water partition coefficient (Wildman–Crippen LogP) is 4.77. The lowest BCUT2D eigenvalue weighted by molar-refractivity contribution is -0.139. The molecule has 9 heteroatoms. The number of anilines is 2. The number of ether oxygens (including phenoxy) is 1. The van der Waals surface area contributed by atoms with Gasteiger partial charge in [0.1, 0.15) is 11.8 Å². The van der Waals surface area contributed by atoms with Crippen LogP contribution in [0.4, 0.5) is 11.4 Å². The third kappa shape index (κ3) is 5.13. The summed E-state index contributed by atoms with van der Waals surface area (Å²) in [7, 11) is 0. The van der Waals surface area contributed by atoms with Crippen LogP contribution >= 0.6 is 11.8 Å². The summed E-state index contributed by atoms with van der Waals surface area (Å²) in [5.41, 5.74) is 3.44. The number of amides is 3. The monoisotopic (exact) mass is 617 g/mol. The molecule has 2 bridgehead atoms. The Morgan fingerprint density at radius 1 is 1.09 bits per heavy atom. The Kier molecular flexibility index (Phi) is 9.28. The third-order valence-electron chi connectivity index (χ3n) is 9.38. The molecule has 234 valence electrons. The summed E-state index contributed by atoms with van der Waals surface area (Å²) in [6, 6.07) is 12.5. The van der Waals surface area contributed by atoms with Gasteiger partial charge in [-0.15, -0.1) is 24.9 Å². The number of fused-ring (bicyclic) bond motifs is 1. The molecular formula is C35H43N3O5S. The first-order valence-corrected chi connectivity index (χ1v) is 16.3. The van der Waals surface area contributed by atoms with Gasteiger partial charge in [0.05, 0.1) is 29.8 Å². The Balaban J connectivity index is 1.56. The third-order valence-corrected chi connectivity index (χ3v) is 11.5. The second-order valence-electron chi connectivity index (χ2n) is 12.0. The summed E-state index contributed by atoms with van der Waals surface area (Å²) in [6.45, 7) is 16.6. The highest BCUT2D eigenvalue weighted by molar-refractivity contribution is 8.02. The number of carbonyl (C=O) groups is 3. The van der Waals surface area contributed by atoms with Crippen LogP contribution in [0.25, 0.3) is 0 Å². The largest absolute Gasteiger partial charge is 0.494 e. The molecule has 3 amide bonds. The number of hydrogen-bond donors (Lipinski definition) is 1. The minimum absolute atomic E-state index is 0.00987. The zero-order valence-electron chi connectivity index (χ0n) is 26.1. The van der Waals surface area contributed by atoms with Crippen molar-refractivity contribution >= 4 is 40.9 Å². The maximum absolute atomic E-state index is 14.8. The van der Waals surface area contributed by atoms with Crippen LogP contribution in [0.1, 0.15) is 31.4 Å². The van der Waals surface area contributed by atoms with Crippen molar-refractivity contribution in [3.63, 3.8) is 0 Å². The molecule has 44 heavy (non-hydrogen) atoms. The number of likely N-dealkylation sites (tertiary alicyclic amines) is 1. The van der Waals surface area contributed by atoms with Crippen LogP contribution < -0.4 is 14.5 Å². The van der Waals surface area contributed by atoms with E-state index in [1.807, 2.05) is 63.2 Å². The van der Waals surface area contributed by atoms with Gasteiger partial charge < -0.3 is 24.5 Å². The van der Waals surface area contributed by atoms with Crippen molar-refractivity contribution in [1.82, 2.24) is 4.90 Å². The van der Waals surface area contributed by atoms with Crippen LogP contribution in [0.15, 0.2) is 67.8 Å². The molecule has 1 N–H and O–H groups in total. The first-order chi connectivity index (χ1) is 21.1. The van der Waals surface area contributed by atoms with E-state index in [0.717, 1.165) is 23.2 Å². The number of hydrogen-bond acceptors (Lipinski definition) is 6. The van der Waals surface area contributed by atoms with E-state index >= 15 is 0 Å². The maximum Gasteiger partial charge on any atom is 0.251 e. The minimum Gasteiger partial charge on any atom is -0.494 e. The number of aliphatic hydroxyl groups is 1. The second kappa shape index (κ2) is 12.8. The summed E-state index contributed by atoms with van der Waals surface area (Å²) in [5, 5.41) is 9.97. The van der Waals surface area contributed by atoms with Crippen LogP contribution in [-0.2, 0) is 14.4 Å². The van der Waals surface area contributed by atoms with Crippen LogP contribution in [0.2, 0.25) is 0 Å². The van der Waals surface area contributed by atoms with Gasteiger partial charge in [-0.2, -0.15) is 0 Å². The number of carbonyl (C=O) groups excluding carboxylic acids is 3. The molecule has 8 nitrogen and oxygen atoms in total. The molecule has 3 aliphatic rings. The average molecular weight is 618 g/mol. The lowest BCUT2D eigenvalue weighted by Gasteiger charge is -2.41. The molecule has 0 saturated carbocycles. The van der Waals surface area contributed by atoms with Crippen molar-refractivity contribution in [2.45, 2.75) is 50.2 Å². The Labute approximate surface area is 264 Å². The molecule has 0 radical (unpaired) electrons. The highest BCUT2D eigenvalue weighted by atomic mass is 32.2.